The molecule has 2 heterocycles. The minimum Gasteiger partial charge on any atom is -0.476 e. The van der Waals surface area contributed by atoms with Crippen LogP contribution in [0.15, 0.2) is 24.3 Å². The van der Waals surface area contributed by atoms with Crippen LogP contribution in [0, 0.1) is 0 Å². The summed E-state index contributed by atoms with van der Waals surface area (Å²) in [6.45, 7) is 1.55. The molecule has 0 unspecified atom stereocenters. The molecular formula is C17H17Cl2N3O4. The third-order valence-corrected chi connectivity index (χ3v) is 4.47. The predicted octanol–water partition coefficient (Wildman–Crippen LogP) is 3.47. The molecule has 1 N–H and O–H groups in total. The standard InChI is InChI=1S/C17H17Cl2N3O4/c18-12-6-11(7-13(19)8-12)2-5-26-17(25)21-3-1-4-22-14(10-21)9-15(20-22)16(23)24/h6-9H,1-5,10H2,(H,23,24). The molecule has 0 saturated heterocycles. The van der Waals surface area contributed by atoms with E-state index in [1.54, 1.807) is 27.8 Å². The van der Waals surface area contributed by atoms with Gasteiger partial charge in [-0.1, -0.05) is 23.2 Å². The van der Waals surface area contributed by atoms with Crippen LogP contribution in [0.3, 0.4) is 0 Å². The fourth-order valence-electron chi connectivity index (χ4n) is 2.83. The Labute approximate surface area is 160 Å². The van der Waals surface area contributed by atoms with Crippen molar-refractivity contribution in [3.63, 3.8) is 0 Å². The number of amides is 1. The molecule has 1 aromatic heterocycles. The van der Waals surface area contributed by atoms with E-state index in [1.807, 2.05) is 0 Å². The molecule has 0 fully saturated rings. The number of ether oxygens (including phenoxy) is 1. The fraction of sp³-hybridized carbons (Fsp3) is 0.353. The smallest absolute Gasteiger partial charge is 0.410 e. The molecule has 2 aromatic rings. The number of carbonyl (C=O) groups is 2. The summed E-state index contributed by atoms with van der Waals surface area (Å²) in [5.74, 6) is -1.08. The molecule has 9 heteroatoms. The molecule has 0 spiro atoms. The average Bonchev–Trinajstić information content (AvgIpc) is 2.86. The number of benzene rings is 1. The van der Waals surface area contributed by atoms with E-state index < -0.39 is 12.1 Å². The summed E-state index contributed by atoms with van der Waals surface area (Å²) in [4.78, 5) is 24.9. The van der Waals surface area contributed by atoms with Gasteiger partial charge in [-0.3, -0.25) is 4.68 Å². The lowest BCUT2D eigenvalue weighted by molar-refractivity contribution is 0.0689. The minimum absolute atomic E-state index is 0.0203. The van der Waals surface area contributed by atoms with Gasteiger partial charge in [0.05, 0.1) is 18.8 Å². The van der Waals surface area contributed by atoms with E-state index in [0.717, 1.165) is 5.56 Å². The van der Waals surface area contributed by atoms with Gasteiger partial charge < -0.3 is 14.7 Å². The van der Waals surface area contributed by atoms with Gasteiger partial charge in [-0.25, -0.2) is 9.59 Å². The van der Waals surface area contributed by atoms with Crippen LogP contribution in [-0.2, 0) is 24.2 Å². The molecule has 1 amide bonds. The highest BCUT2D eigenvalue weighted by Crippen LogP contribution is 2.20. The van der Waals surface area contributed by atoms with Crippen molar-refractivity contribution in [1.29, 1.82) is 0 Å². The van der Waals surface area contributed by atoms with Crippen LogP contribution in [0.2, 0.25) is 10.0 Å². The van der Waals surface area contributed by atoms with Crippen molar-refractivity contribution in [2.75, 3.05) is 13.2 Å². The van der Waals surface area contributed by atoms with Crippen LogP contribution in [0.5, 0.6) is 0 Å². The van der Waals surface area contributed by atoms with Crippen molar-refractivity contribution in [2.24, 2.45) is 0 Å². The maximum atomic E-state index is 12.3. The molecule has 1 aliphatic heterocycles. The van der Waals surface area contributed by atoms with Gasteiger partial charge >= 0.3 is 12.1 Å². The lowest BCUT2D eigenvalue weighted by atomic mass is 10.2. The summed E-state index contributed by atoms with van der Waals surface area (Å²) >= 11 is 11.9. The number of carbonyl (C=O) groups excluding carboxylic acids is 1. The van der Waals surface area contributed by atoms with E-state index in [4.69, 9.17) is 33.0 Å². The van der Waals surface area contributed by atoms with Gasteiger partial charge in [-0.15, -0.1) is 0 Å². The fourth-order valence-corrected chi connectivity index (χ4v) is 3.40. The van der Waals surface area contributed by atoms with Gasteiger partial charge in [0.2, 0.25) is 0 Å². The number of aryl methyl sites for hydroxylation is 1. The van der Waals surface area contributed by atoms with Crippen LogP contribution in [0.25, 0.3) is 0 Å². The number of hydrogen-bond donors (Lipinski definition) is 1. The van der Waals surface area contributed by atoms with E-state index in [0.29, 0.717) is 41.7 Å². The normalized spacial score (nSPS) is 13.8. The monoisotopic (exact) mass is 397 g/mol. The Kier molecular flexibility index (Phi) is 5.68. The molecule has 0 aliphatic carbocycles. The Hall–Kier alpha value is -2.25. The summed E-state index contributed by atoms with van der Waals surface area (Å²) in [7, 11) is 0. The number of carboxylic acids is 1. The van der Waals surface area contributed by atoms with E-state index in [1.165, 1.54) is 6.07 Å². The number of carboxylic acid groups (broad SMARTS) is 1. The summed E-state index contributed by atoms with van der Waals surface area (Å²) in [5.41, 5.74) is 1.54. The first-order valence-electron chi connectivity index (χ1n) is 8.09. The highest BCUT2D eigenvalue weighted by molar-refractivity contribution is 6.34. The lowest BCUT2D eigenvalue weighted by Crippen LogP contribution is -2.31. The van der Waals surface area contributed by atoms with Crippen molar-refractivity contribution in [2.45, 2.75) is 25.9 Å². The van der Waals surface area contributed by atoms with Crippen LogP contribution in [-0.4, -0.2) is 45.0 Å². The first-order chi connectivity index (χ1) is 12.4. The van der Waals surface area contributed by atoms with Gasteiger partial charge in [-0.05, 0) is 36.2 Å². The third kappa shape index (κ3) is 4.47. The van der Waals surface area contributed by atoms with Crippen molar-refractivity contribution < 1.29 is 19.4 Å². The molecule has 3 rings (SSSR count). The molecule has 1 aromatic carbocycles. The largest absolute Gasteiger partial charge is 0.476 e. The molecule has 26 heavy (non-hydrogen) atoms. The topological polar surface area (TPSA) is 84.7 Å². The number of aromatic carboxylic acids is 1. The van der Waals surface area contributed by atoms with Gasteiger partial charge in [0.15, 0.2) is 5.69 Å². The van der Waals surface area contributed by atoms with E-state index in [9.17, 15) is 9.59 Å². The SMILES string of the molecule is O=C(O)c1cc2n(n1)CCCN(C(=O)OCCc1cc(Cl)cc(Cl)c1)C2. The van der Waals surface area contributed by atoms with E-state index in [-0.39, 0.29) is 18.8 Å². The van der Waals surface area contributed by atoms with Crippen LogP contribution < -0.4 is 0 Å². The van der Waals surface area contributed by atoms with Gasteiger partial charge in [-0.2, -0.15) is 5.10 Å². The highest BCUT2D eigenvalue weighted by atomic mass is 35.5. The maximum Gasteiger partial charge on any atom is 0.410 e. The molecule has 1 aliphatic rings. The zero-order chi connectivity index (χ0) is 18.7. The number of nitrogens with zero attached hydrogens (tertiary/aromatic N) is 3. The molecule has 0 radical (unpaired) electrons. The van der Waals surface area contributed by atoms with Crippen molar-refractivity contribution >= 4 is 35.3 Å². The Bertz CT molecular complexity index is 817. The van der Waals surface area contributed by atoms with Crippen molar-refractivity contribution in [1.82, 2.24) is 14.7 Å². The zero-order valence-corrected chi connectivity index (χ0v) is 15.3. The maximum absolute atomic E-state index is 12.3. The number of aromatic nitrogens is 2. The Morgan fingerprint density at radius 2 is 1.88 bits per heavy atom. The Balaban J connectivity index is 1.58. The van der Waals surface area contributed by atoms with Crippen molar-refractivity contribution in [3.05, 3.63) is 51.3 Å². The second-order valence-electron chi connectivity index (χ2n) is 5.97. The summed E-state index contributed by atoms with van der Waals surface area (Å²) in [6, 6.07) is 6.69. The van der Waals surface area contributed by atoms with Crippen LogP contribution >= 0.6 is 23.2 Å². The Morgan fingerprint density at radius 1 is 1.15 bits per heavy atom. The number of fused-ring (bicyclic) bond motifs is 1. The first-order valence-corrected chi connectivity index (χ1v) is 8.84. The lowest BCUT2D eigenvalue weighted by Gasteiger charge is -2.19. The molecule has 0 bridgehead atoms. The third-order valence-electron chi connectivity index (χ3n) is 4.03. The second kappa shape index (κ2) is 7.97. The minimum atomic E-state index is -1.08. The van der Waals surface area contributed by atoms with Crippen LogP contribution in [0.1, 0.15) is 28.2 Å². The first kappa shape index (κ1) is 18.5. The number of rotatable bonds is 4. The average molecular weight is 398 g/mol. The number of hydrogen-bond acceptors (Lipinski definition) is 4. The summed E-state index contributed by atoms with van der Waals surface area (Å²) in [5, 5.41) is 14.2. The van der Waals surface area contributed by atoms with Crippen molar-refractivity contribution in [3.8, 4) is 0 Å². The van der Waals surface area contributed by atoms with E-state index >= 15 is 0 Å². The molecule has 0 atom stereocenters. The second-order valence-corrected chi connectivity index (χ2v) is 6.84. The number of halogens is 2. The summed E-state index contributed by atoms with van der Waals surface area (Å²) < 4.78 is 6.97. The van der Waals surface area contributed by atoms with Gasteiger partial charge in [0.25, 0.3) is 0 Å². The van der Waals surface area contributed by atoms with Gasteiger partial charge in [0.1, 0.15) is 0 Å². The van der Waals surface area contributed by atoms with Crippen LogP contribution in [0.4, 0.5) is 4.79 Å². The summed E-state index contributed by atoms with van der Waals surface area (Å²) in [6.07, 6.45) is 0.734. The Morgan fingerprint density at radius 3 is 2.58 bits per heavy atom. The molecular weight excluding hydrogens is 381 g/mol. The highest BCUT2D eigenvalue weighted by Gasteiger charge is 2.23. The molecule has 0 saturated carbocycles. The predicted molar refractivity (Wildman–Crippen MR) is 95.7 cm³/mol. The quantitative estimate of drug-likeness (QED) is 0.853. The zero-order valence-electron chi connectivity index (χ0n) is 13.8. The molecule has 138 valence electrons. The van der Waals surface area contributed by atoms with E-state index in [2.05, 4.69) is 5.10 Å². The molecule has 7 nitrogen and oxygen atoms in total. The van der Waals surface area contributed by atoms with Gasteiger partial charge in [0, 0.05) is 29.6 Å².